The van der Waals surface area contributed by atoms with E-state index in [1.165, 1.54) is 25.3 Å². The molecule has 0 saturated heterocycles. The highest BCUT2D eigenvalue weighted by molar-refractivity contribution is 6.33. The summed E-state index contributed by atoms with van der Waals surface area (Å²) in [7, 11) is 1.48. The Labute approximate surface area is 213 Å². The molecule has 0 amide bonds. The van der Waals surface area contributed by atoms with Crippen molar-refractivity contribution in [2.75, 3.05) is 12.1 Å². The molecule has 196 valence electrons. The summed E-state index contributed by atoms with van der Waals surface area (Å²) in [6.45, 7) is 1.85. The Hall–Kier alpha value is -3.31. The Morgan fingerprint density at radius 1 is 1.00 bits per heavy atom. The van der Waals surface area contributed by atoms with Gasteiger partial charge in [0.15, 0.2) is 0 Å². The minimum atomic E-state index is -6.05. The second kappa shape index (κ2) is 9.53. The van der Waals surface area contributed by atoms with Crippen LogP contribution >= 0.6 is 11.6 Å². The number of pyridine rings is 1. The molecule has 1 unspecified atom stereocenters. The van der Waals surface area contributed by atoms with Crippen molar-refractivity contribution in [2.45, 2.75) is 37.3 Å². The summed E-state index contributed by atoms with van der Waals surface area (Å²) >= 11 is 6.21. The SMILES string of the molecule is COc1cc(C)c(-c2ccc(C3CC(C(O)(C(F)(F)F)C(F)(F)F)=NN3c3ccccc3Cl)cc2)cn1. The predicted octanol–water partition coefficient (Wildman–Crippen LogP) is 6.88. The van der Waals surface area contributed by atoms with Crippen LogP contribution in [0.1, 0.15) is 23.6 Å². The average Bonchev–Trinajstić information content (AvgIpc) is 3.27. The Bertz CT molecular complexity index is 1310. The molecule has 4 rings (SSSR count). The first-order chi connectivity index (χ1) is 17.3. The molecule has 0 spiro atoms. The van der Waals surface area contributed by atoms with Gasteiger partial charge in [-0.1, -0.05) is 48.0 Å². The van der Waals surface area contributed by atoms with Crippen LogP contribution in [0.25, 0.3) is 11.1 Å². The summed E-state index contributed by atoms with van der Waals surface area (Å²) in [5.41, 5.74) is -3.80. The number of methoxy groups -OCH3 is 1. The van der Waals surface area contributed by atoms with Crippen LogP contribution in [0, 0.1) is 6.92 Å². The third-order valence-corrected chi connectivity index (χ3v) is 6.47. The molecule has 0 bridgehead atoms. The molecule has 1 aliphatic rings. The van der Waals surface area contributed by atoms with Gasteiger partial charge in [-0.15, -0.1) is 0 Å². The summed E-state index contributed by atoms with van der Waals surface area (Å²) in [5.74, 6) is 0.422. The number of aromatic nitrogens is 1. The minimum Gasteiger partial charge on any atom is -0.481 e. The lowest BCUT2D eigenvalue weighted by Gasteiger charge is -2.32. The molecule has 0 saturated carbocycles. The first kappa shape index (κ1) is 26.7. The molecule has 0 radical (unpaired) electrons. The van der Waals surface area contributed by atoms with Crippen LogP contribution in [-0.4, -0.2) is 40.9 Å². The van der Waals surface area contributed by atoms with Gasteiger partial charge in [-0.05, 0) is 35.7 Å². The van der Waals surface area contributed by atoms with E-state index < -0.39 is 36.1 Å². The second-order valence-corrected chi connectivity index (χ2v) is 8.84. The fourth-order valence-electron chi connectivity index (χ4n) is 4.17. The molecule has 2 heterocycles. The van der Waals surface area contributed by atoms with Crippen molar-refractivity contribution >= 4 is 23.0 Å². The summed E-state index contributed by atoms with van der Waals surface area (Å²) in [5, 5.41) is 14.7. The number of halogens is 7. The van der Waals surface area contributed by atoms with Crippen molar-refractivity contribution in [1.82, 2.24) is 4.98 Å². The number of para-hydroxylation sites is 1. The highest BCUT2D eigenvalue weighted by Crippen LogP contribution is 2.49. The van der Waals surface area contributed by atoms with Gasteiger partial charge in [-0.3, -0.25) is 5.01 Å². The molecule has 1 atom stereocenters. The van der Waals surface area contributed by atoms with E-state index in [-0.39, 0.29) is 10.7 Å². The topological polar surface area (TPSA) is 58.0 Å². The van der Waals surface area contributed by atoms with Crippen LogP contribution in [-0.2, 0) is 0 Å². The maximum atomic E-state index is 13.6. The highest BCUT2D eigenvalue weighted by atomic mass is 35.5. The van der Waals surface area contributed by atoms with Gasteiger partial charge < -0.3 is 9.84 Å². The number of hydrogen-bond donors (Lipinski definition) is 1. The van der Waals surface area contributed by atoms with E-state index in [9.17, 15) is 31.4 Å². The summed E-state index contributed by atoms with van der Waals surface area (Å²) in [6.07, 6.45) is -11.3. The Balaban J connectivity index is 1.77. The number of nitrogens with zero attached hydrogens (tertiary/aromatic N) is 3. The third kappa shape index (κ3) is 4.73. The van der Waals surface area contributed by atoms with Crippen LogP contribution in [0.2, 0.25) is 5.02 Å². The molecule has 0 fully saturated rings. The molecule has 1 aliphatic heterocycles. The number of rotatable bonds is 5. The molecule has 1 aromatic heterocycles. The minimum absolute atomic E-state index is 0.0663. The molecule has 1 N–H and O–H groups in total. The Morgan fingerprint density at radius 2 is 1.62 bits per heavy atom. The zero-order valence-corrected chi connectivity index (χ0v) is 20.2. The molecular formula is C25H20ClF6N3O2. The molecular weight excluding hydrogens is 524 g/mol. The highest BCUT2D eigenvalue weighted by Gasteiger charge is 2.74. The summed E-state index contributed by atoms with van der Waals surface area (Å²) in [6, 6.07) is 13.1. The van der Waals surface area contributed by atoms with Crippen LogP contribution in [0.4, 0.5) is 32.0 Å². The monoisotopic (exact) mass is 543 g/mol. The van der Waals surface area contributed by atoms with Gasteiger partial charge in [0.25, 0.3) is 5.60 Å². The van der Waals surface area contributed by atoms with E-state index in [2.05, 4.69) is 10.1 Å². The third-order valence-electron chi connectivity index (χ3n) is 6.15. The molecule has 37 heavy (non-hydrogen) atoms. The van der Waals surface area contributed by atoms with Gasteiger partial charge in [0.2, 0.25) is 5.88 Å². The van der Waals surface area contributed by atoms with Gasteiger partial charge >= 0.3 is 12.4 Å². The van der Waals surface area contributed by atoms with Gasteiger partial charge in [0.05, 0.1) is 29.6 Å². The van der Waals surface area contributed by atoms with Crippen molar-refractivity contribution < 1.29 is 36.2 Å². The van der Waals surface area contributed by atoms with E-state index in [4.69, 9.17) is 16.3 Å². The number of ether oxygens (including phenoxy) is 1. The van der Waals surface area contributed by atoms with Crippen LogP contribution in [0.5, 0.6) is 5.88 Å². The van der Waals surface area contributed by atoms with E-state index in [0.717, 1.165) is 21.7 Å². The number of anilines is 1. The zero-order valence-electron chi connectivity index (χ0n) is 19.4. The van der Waals surface area contributed by atoms with Gasteiger partial charge in [0, 0.05) is 24.2 Å². The number of hydrazone groups is 1. The molecule has 2 aromatic carbocycles. The van der Waals surface area contributed by atoms with Gasteiger partial charge in [-0.25, -0.2) is 4.98 Å². The number of alkyl halides is 6. The van der Waals surface area contributed by atoms with Gasteiger partial charge in [0.1, 0.15) is 0 Å². The quantitative estimate of drug-likeness (QED) is 0.356. The van der Waals surface area contributed by atoms with Crippen LogP contribution in [0.15, 0.2) is 65.9 Å². The predicted molar refractivity (Wildman–Crippen MR) is 127 cm³/mol. The van der Waals surface area contributed by atoms with Crippen molar-refractivity contribution in [3.05, 3.63) is 76.9 Å². The second-order valence-electron chi connectivity index (χ2n) is 8.43. The Morgan fingerprint density at radius 3 is 2.16 bits per heavy atom. The van der Waals surface area contributed by atoms with Gasteiger partial charge in [-0.2, -0.15) is 31.4 Å². The van der Waals surface area contributed by atoms with E-state index >= 15 is 0 Å². The van der Waals surface area contributed by atoms with E-state index in [0.29, 0.717) is 11.4 Å². The average molecular weight is 544 g/mol. The summed E-state index contributed by atoms with van der Waals surface area (Å²) < 4.78 is 86.8. The lowest BCUT2D eigenvalue weighted by Crippen LogP contribution is -2.62. The fraction of sp³-hybridized carbons (Fsp3) is 0.280. The first-order valence-corrected chi connectivity index (χ1v) is 11.2. The summed E-state index contributed by atoms with van der Waals surface area (Å²) in [4.78, 5) is 4.17. The normalized spacial score (nSPS) is 16.6. The van der Waals surface area contributed by atoms with Crippen molar-refractivity contribution in [1.29, 1.82) is 0 Å². The van der Waals surface area contributed by atoms with Crippen molar-refractivity contribution in [2.24, 2.45) is 5.10 Å². The zero-order chi connectivity index (χ0) is 27.2. The van der Waals surface area contributed by atoms with Crippen LogP contribution in [0.3, 0.4) is 0 Å². The number of benzene rings is 2. The van der Waals surface area contributed by atoms with Crippen molar-refractivity contribution in [3.8, 4) is 17.0 Å². The smallest absolute Gasteiger partial charge is 0.431 e. The Kier molecular flexibility index (Phi) is 6.89. The lowest BCUT2D eigenvalue weighted by atomic mass is 9.89. The molecule has 3 aromatic rings. The standard InChI is InChI=1S/C25H20ClF6N3O2/c1-14-11-22(37-2)33-13-17(14)15-7-9-16(10-8-15)20-12-21(23(36,24(27,28)29)25(30,31)32)34-35(20)19-6-4-3-5-18(19)26/h3-11,13,20,36H,12H2,1-2H3. The maximum Gasteiger partial charge on any atom is 0.431 e. The molecule has 12 heteroatoms. The molecule has 0 aliphatic carbocycles. The molecule has 5 nitrogen and oxygen atoms in total. The first-order valence-electron chi connectivity index (χ1n) is 10.9. The van der Waals surface area contributed by atoms with E-state index in [1.54, 1.807) is 42.6 Å². The number of aryl methyl sites for hydroxylation is 1. The van der Waals surface area contributed by atoms with Crippen molar-refractivity contribution in [3.63, 3.8) is 0 Å². The number of hydrogen-bond acceptors (Lipinski definition) is 5. The largest absolute Gasteiger partial charge is 0.481 e. The number of aliphatic hydroxyl groups is 1. The lowest BCUT2D eigenvalue weighted by molar-refractivity contribution is -0.338. The fourth-order valence-corrected chi connectivity index (χ4v) is 4.39. The maximum absolute atomic E-state index is 13.6. The van der Waals surface area contributed by atoms with E-state index in [1.807, 2.05) is 6.92 Å². The van der Waals surface area contributed by atoms with Crippen LogP contribution < -0.4 is 9.75 Å².